The number of ether oxygens (including phenoxy) is 2. The number of hydrogen-bond acceptors (Lipinski definition) is 5. The Kier molecular flexibility index (Phi) is 7.00. The molecule has 0 spiro atoms. The summed E-state index contributed by atoms with van der Waals surface area (Å²) in [7, 11) is 1.50. The van der Waals surface area contributed by atoms with Gasteiger partial charge in [0, 0.05) is 12.3 Å². The molecule has 1 aromatic carbocycles. The van der Waals surface area contributed by atoms with Crippen molar-refractivity contribution in [1.82, 2.24) is 15.0 Å². The zero-order chi connectivity index (χ0) is 22.6. The highest BCUT2D eigenvalue weighted by molar-refractivity contribution is 6.31. The maximum atomic E-state index is 12.7. The molecule has 0 bridgehead atoms. The standard InChI is InChI=1S/C22H21ClF3N3O2/c1-13-21(23)17(29-14(2)28-13)6-4-5-15-7-9-18(19(11-15)30-3)31-20-10-8-16(12-27-20)22(24,25)26/h7-12H,4-6H2,1-3H3. The fourth-order valence-electron chi connectivity index (χ4n) is 3.07. The summed E-state index contributed by atoms with van der Waals surface area (Å²) in [6, 6.07) is 7.51. The summed E-state index contributed by atoms with van der Waals surface area (Å²) in [6.07, 6.45) is -1.43. The van der Waals surface area contributed by atoms with E-state index in [0.717, 1.165) is 42.1 Å². The predicted molar refractivity (Wildman–Crippen MR) is 111 cm³/mol. The van der Waals surface area contributed by atoms with Crippen LogP contribution in [0.4, 0.5) is 13.2 Å². The van der Waals surface area contributed by atoms with Crippen molar-refractivity contribution >= 4 is 11.6 Å². The number of benzene rings is 1. The molecule has 0 unspecified atom stereocenters. The van der Waals surface area contributed by atoms with Gasteiger partial charge in [0.15, 0.2) is 11.5 Å². The van der Waals surface area contributed by atoms with Crippen molar-refractivity contribution in [2.24, 2.45) is 0 Å². The van der Waals surface area contributed by atoms with E-state index >= 15 is 0 Å². The average Bonchev–Trinajstić information content (AvgIpc) is 2.72. The van der Waals surface area contributed by atoms with Gasteiger partial charge in [-0.1, -0.05) is 17.7 Å². The molecule has 5 nitrogen and oxygen atoms in total. The molecule has 0 amide bonds. The second-order valence-corrected chi connectivity index (χ2v) is 7.32. The Morgan fingerprint density at radius 2 is 1.77 bits per heavy atom. The van der Waals surface area contributed by atoms with Gasteiger partial charge in [-0.05, 0) is 56.9 Å². The van der Waals surface area contributed by atoms with Crippen molar-refractivity contribution in [1.29, 1.82) is 0 Å². The second-order valence-electron chi connectivity index (χ2n) is 6.94. The highest BCUT2D eigenvalue weighted by atomic mass is 35.5. The average molecular weight is 452 g/mol. The lowest BCUT2D eigenvalue weighted by Crippen LogP contribution is -2.05. The van der Waals surface area contributed by atoms with Crippen LogP contribution >= 0.6 is 11.6 Å². The van der Waals surface area contributed by atoms with Gasteiger partial charge < -0.3 is 9.47 Å². The molecule has 0 aliphatic carbocycles. The molecular formula is C22H21ClF3N3O2. The largest absolute Gasteiger partial charge is 0.493 e. The van der Waals surface area contributed by atoms with Crippen LogP contribution in [0.3, 0.4) is 0 Å². The van der Waals surface area contributed by atoms with Gasteiger partial charge in [0.1, 0.15) is 5.82 Å². The molecule has 2 heterocycles. The third-order valence-corrected chi connectivity index (χ3v) is 5.07. The monoisotopic (exact) mass is 451 g/mol. The molecule has 0 aliphatic heterocycles. The van der Waals surface area contributed by atoms with Crippen LogP contribution in [-0.2, 0) is 19.0 Å². The molecule has 3 aromatic rings. The van der Waals surface area contributed by atoms with Crippen molar-refractivity contribution in [2.75, 3.05) is 7.11 Å². The van der Waals surface area contributed by atoms with Crippen LogP contribution in [0.2, 0.25) is 5.02 Å². The summed E-state index contributed by atoms with van der Waals surface area (Å²) in [5.41, 5.74) is 1.77. The lowest BCUT2D eigenvalue weighted by molar-refractivity contribution is -0.137. The molecule has 9 heteroatoms. The van der Waals surface area contributed by atoms with Gasteiger partial charge in [-0.3, -0.25) is 0 Å². The number of hydrogen-bond donors (Lipinski definition) is 0. The van der Waals surface area contributed by atoms with Crippen molar-refractivity contribution in [2.45, 2.75) is 39.3 Å². The van der Waals surface area contributed by atoms with Gasteiger partial charge in [0.05, 0.1) is 29.1 Å². The molecular weight excluding hydrogens is 431 g/mol. The van der Waals surface area contributed by atoms with Crippen LogP contribution in [0.15, 0.2) is 36.5 Å². The van der Waals surface area contributed by atoms with Crippen LogP contribution in [0, 0.1) is 13.8 Å². The molecule has 31 heavy (non-hydrogen) atoms. The Hall–Kier alpha value is -2.87. The van der Waals surface area contributed by atoms with E-state index in [9.17, 15) is 13.2 Å². The third kappa shape index (κ3) is 5.85. The Bertz CT molecular complexity index is 1060. The van der Waals surface area contributed by atoms with Crippen molar-refractivity contribution in [3.8, 4) is 17.4 Å². The molecule has 0 N–H and O–H groups in total. The second kappa shape index (κ2) is 9.51. The molecule has 0 saturated heterocycles. The predicted octanol–water partition coefficient (Wildman–Crippen LogP) is 6.14. The lowest BCUT2D eigenvalue weighted by atomic mass is 10.1. The Balaban J connectivity index is 1.66. The number of aromatic nitrogens is 3. The van der Waals surface area contributed by atoms with Crippen LogP contribution in [0.25, 0.3) is 0 Å². The summed E-state index contributed by atoms with van der Waals surface area (Å²) in [5.74, 6) is 1.56. The molecule has 3 rings (SSSR count). The van der Waals surface area contributed by atoms with E-state index in [0.29, 0.717) is 28.8 Å². The Morgan fingerprint density at radius 3 is 2.42 bits per heavy atom. The van der Waals surface area contributed by atoms with E-state index in [1.807, 2.05) is 26.0 Å². The molecule has 164 valence electrons. The SMILES string of the molecule is COc1cc(CCCc2nc(C)nc(C)c2Cl)ccc1Oc1ccc(C(F)(F)F)cn1. The quantitative estimate of drug-likeness (QED) is 0.432. The maximum absolute atomic E-state index is 12.7. The van der Waals surface area contributed by atoms with Crippen molar-refractivity contribution in [3.63, 3.8) is 0 Å². The number of halogens is 4. The lowest BCUT2D eigenvalue weighted by Gasteiger charge is -2.12. The molecule has 0 aliphatic rings. The van der Waals surface area contributed by atoms with E-state index in [-0.39, 0.29) is 5.88 Å². The first-order chi connectivity index (χ1) is 14.7. The van der Waals surface area contributed by atoms with E-state index in [1.165, 1.54) is 13.2 Å². The first-order valence-electron chi connectivity index (χ1n) is 9.55. The molecule has 2 aromatic heterocycles. The fraction of sp³-hybridized carbons (Fsp3) is 0.318. The smallest absolute Gasteiger partial charge is 0.417 e. The first-order valence-corrected chi connectivity index (χ1v) is 9.93. The van der Waals surface area contributed by atoms with Gasteiger partial charge in [-0.2, -0.15) is 13.2 Å². The highest BCUT2D eigenvalue weighted by Crippen LogP contribution is 2.34. The van der Waals surface area contributed by atoms with Crippen LogP contribution in [0.5, 0.6) is 17.4 Å². The number of rotatable bonds is 7. The zero-order valence-electron chi connectivity index (χ0n) is 17.3. The van der Waals surface area contributed by atoms with E-state index in [2.05, 4.69) is 15.0 Å². The van der Waals surface area contributed by atoms with Gasteiger partial charge in [-0.25, -0.2) is 15.0 Å². The summed E-state index contributed by atoms with van der Waals surface area (Å²) in [5, 5.41) is 0.593. The van der Waals surface area contributed by atoms with Gasteiger partial charge >= 0.3 is 6.18 Å². The Morgan fingerprint density at radius 1 is 1.00 bits per heavy atom. The molecule has 0 fully saturated rings. The van der Waals surface area contributed by atoms with Crippen molar-refractivity contribution in [3.05, 3.63) is 69.9 Å². The normalized spacial score (nSPS) is 11.5. The van der Waals surface area contributed by atoms with E-state index in [4.69, 9.17) is 21.1 Å². The summed E-state index contributed by atoms with van der Waals surface area (Å²) < 4.78 is 49.0. The Labute approximate surface area is 183 Å². The number of aryl methyl sites for hydroxylation is 4. The van der Waals surface area contributed by atoms with Crippen LogP contribution in [-0.4, -0.2) is 22.1 Å². The minimum absolute atomic E-state index is 0.0446. The summed E-state index contributed by atoms with van der Waals surface area (Å²) in [4.78, 5) is 12.4. The topological polar surface area (TPSA) is 57.1 Å². The molecule has 0 atom stereocenters. The van der Waals surface area contributed by atoms with E-state index < -0.39 is 11.7 Å². The summed E-state index contributed by atoms with van der Waals surface area (Å²) in [6.45, 7) is 3.69. The van der Waals surface area contributed by atoms with Crippen LogP contribution in [0.1, 0.15) is 34.8 Å². The van der Waals surface area contributed by atoms with Crippen LogP contribution < -0.4 is 9.47 Å². The zero-order valence-corrected chi connectivity index (χ0v) is 18.0. The molecule has 0 radical (unpaired) electrons. The number of alkyl halides is 3. The third-order valence-electron chi connectivity index (χ3n) is 4.58. The van der Waals surface area contributed by atoms with Gasteiger partial charge in [0.25, 0.3) is 0 Å². The minimum Gasteiger partial charge on any atom is -0.493 e. The molecule has 0 saturated carbocycles. The summed E-state index contributed by atoms with van der Waals surface area (Å²) >= 11 is 6.30. The number of pyridine rings is 1. The number of nitrogens with zero attached hydrogens (tertiary/aromatic N) is 3. The van der Waals surface area contributed by atoms with Gasteiger partial charge in [0.2, 0.25) is 5.88 Å². The number of methoxy groups -OCH3 is 1. The van der Waals surface area contributed by atoms with E-state index in [1.54, 1.807) is 6.07 Å². The van der Waals surface area contributed by atoms with Gasteiger partial charge in [-0.15, -0.1) is 0 Å². The highest BCUT2D eigenvalue weighted by Gasteiger charge is 2.30. The maximum Gasteiger partial charge on any atom is 0.417 e. The first kappa shape index (κ1) is 22.8. The minimum atomic E-state index is -4.45. The fourth-order valence-corrected chi connectivity index (χ4v) is 3.25. The van der Waals surface area contributed by atoms with Crippen molar-refractivity contribution < 1.29 is 22.6 Å².